The molecule has 1 aliphatic rings. The molecule has 1 saturated heterocycles. The summed E-state index contributed by atoms with van der Waals surface area (Å²) in [5.41, 5.74) is 0.967. The van der Waals surface area contributed by atoms with Crippen LogP contribution < -0.4 is 4.90 Å². The molecule has 0 aromatic carbocycles. The molecule has 0 spiro atoms. The van der Waals surface area contributed by atoms with Gasteiger partial charge in [-0.1, -0.05) is 0 Å². The minimum absolute atomic E-state index is 0.154. The van der Waals surface area contributed by atoms with Crippen LogP contribution in [0.3, 0.4) is 0 Å². The molecule has 1 aromatic rings. The van der Waals surface area contributed by atoms with E-state index in [1.807, 2.05) is 12.3 Å². The molecule has 0 saturated carbocycles. The Morgan fingerprint density at radius 2 is 2.43 bits per heavy atom. The van der Waals surface area contributed by atoms with Crippen molar-refractivity contribution in [2.45, 2.75) is 45.6 Å². The zero-order valence-corrected chi connectivity index (χ0v) is 13.7. The van der Waals surface area contributed by atoms with Gasteiger partial charge in [-0.2, -0.15) is 0 Å². The number of carbonyl (C=O) groups excluding carboxylic acids is 1. The molecular formula is C15H24N2O3S. The fraction of sp³-hybridized carbons (Fsp3) is 0.733. The summed E-state index contributed by atoms with van der Waals surface area (Å²) in [5.74, 6) is -0.154. The van der Waals surface area contributed by atoms with Gasteiger partial charge in [0.15, 0.2) is 5.13 Å². The van der Waals surface area contributed by atoms with E-state index in [-0.39, 0.29) is 5.97 Å². The average Bonchev–Trinajstić information content (AvgIpc) is 3.14. The van der Waals surface area contributed by atoms with Crippen LogP contribution in [0.25, 0.3) is 0 Å². The number of esters is 1. The van der Waals surface area contributed by atoms with Crippen LogP contribution in [0.4, 0.5) is 5.13 Å². The topological polar surface area (TPSA) is 51.7 Å². The summed E-state index contributed by atoms with van der Waals surface area (Å²) >= 11 is 1.64. The highest BCUT2D eigenvalue weighted by atomic mass is 32.1. The smallest absolute Gasteiger partial charge is 0.306 e. The summed E-state index contributed by atoms with van der Waals surface area (Å²) < 4.78 is 10.6. The van der Waals surface area contributed by atoms with Crippen LogP contribution in [0, 0.1) is 0 Å². The molecule has 5 nitrogen and oxygen atoms in total. The van der Waals surface area contributed by atoms with Gasteiger partial charge in [0.25, 0.3) is 0 Å². The normalized spacial score (nSPS) is 17.9. The second kappa shape index (κ2) is 8.34. The van der Waals surface area contributed by atoms with Crippen LogP contribution in [0.5, 0.6) is 0 Å². The SMILES string of the molecule is CCOC(=O)CCc1csc(N(CC)CC2CCCO2)n1. The van der Waals surface area contributed by atoms with Gasteiger partial charge < -0.3 is 14.4 Å². The number of aryl methyl sites for hydroxylation is 1. The Balaban J connectivity index is 1.86. The van der Waals surface area contributed by atoms with Crippen molar-refractivity contribution in [3.05, 3.63) is 11.1 Å². The fourth-order valence-corrected chi connectivity index (χ4v) is 3.33. The van der Waals surface area contributed by atoms with E-state index in [0.29, 0.717) is 25.6 Å². The van der Waals surface area contributed by atoms with Crippen molar-refractivity contribution in [2.24, 2.45) is 0 Å². The maximum atomic E-state index is 11.4. The second-order valence-electron chi connectivity index (χ2n) is 5.10. The number of likely N-dealkylation sites (N-methyl/N-ethyl adjacent to an activating group) is 1. The van der Waals surface area contributed by atoms with Crippen LogP contribution in [0.15, 0.2) is 5.38 Å². The average molecular weight is 312 g/mol. The molecule has 0 N–H and O–H groups in total. The van der Waals surface area contributed by atoms with Gasteiger partial charge in [-0.05, 0) is 26.7 Å². The van der Waals surface area contributed by atoms with E-state index in [1.54, 1.807) is 11.3 Å². The molecule has 0 amide bonds. The van der Waals surface area contributed by atoms with Crippen molar-refractivity contribution in [1.29, 1.82) is 0 Å². The molecule has 6 heteroatoms. The predicted octanol–water partition coefficient (Wildman–Crippen LogP) is 2.64. The van der Waals surface area contributed by atoms with Crippen LogP contribution in [-0.2, 0) is 20.7 Å². The van der Waals surface area contributed by atoms with E-state index in [1.165, 1.54) is 0 Å². The molecule has 2 heterocycles. The molecule has 1 aliphatic heterocycles. The number of hydrogen-bond donors (Lipinski definition) is 0. The third-order valence-electron chi connectivity index (χ3n) is 3.53. The van der Waals surface area contributed by atoms with E-state index in [2.05, 4.69) is 16.8 Å². The summed E-state index contributed by atoms with van der Waals surface area (Å²) in [4.78, 5) is 18.3. The molecule has 1 unspecified atom stereocenters. The van der Waals surface area contributed by atoms with Crippen molar-refractivity contribution in [1.82, 2.24) is 4.98 Å². The zero-order valence-electron chi connectivity index (χ0n) is 12.8. The highest BCUT2D eigenvalue weighted by molar-refractivity contribution is 7.13. The number of anilines is 1. The molecule has 1 atom stereocenters. The zero-order chi connectivity index (χ0) is 15.1. The fourth-order valence-electron chi connectivity index (χ4n) is 2.40. The molecule has 2 rings (SSSR count). The van der Waals surface area contributed by atoms with Crippen LogP contribution in [0.2, 0.25) is 0 Å². The van der Waals surface area contributed by atoms with Gasteiger partial charge in [0.2, 0.25) is 0 Å². The maximum Gasteiger partial charge on any atom is 0.306 e. The molecule has 0 radical (unpaired) electrons. The molecule has 118 valence electrons. The van der Waals surface area contributed by atoms with Gasteiger partial charge in [0.05, 0.1) is 24.8 Å². The first-order valence-electron chi connectivity index (χ1n) is 7.69. The van der Waals surface area contributed by atoms with Crippen LogP contribution >= 0.6 is 11.3 Å². The predicted molar refractivity (Wildman–Crippen MR) is 83.9 cm³/mol. The Morgan fingerprint density at radius 3 is 3.10 bits per heavy atom. The van der Waals surface area contributed by atoms with Gasteiger partial charge in [-0.25, -0.2) is 4.98 Å². The van der Waals surface area contributed by atoms with E-state index in [4.69, 9.17) is 9.47 Å². The first kappa shape index (κ1) is 16.2. The molecule has 1 fully saturated rings. The highest BCUT2D eigenvalue weighted by Crippen LogP contribution is 2.23. The van der Waals surface area contributed by atoms with Gasteiger partial charge in [-0.3, -0.25) is 4.79 Å². The van der Waals surface area contributed by atoms with E-state index in [0.717, 1.165) is 43.4 Å². The Hall–Kier alpha value is -1.14. The maximum absolute atomic E-state index is 11.4. The standard InChI is InChI=1S/C15H24N2O3S/c1-3-17(10-13-6-5-9-20-13)15-16-12(11-21-15)7-8-14(18)19-4-2/h11,13H,3-10H2,1-2H3. The van der Waals surface area contributed by atoms with Gasteiger partial charge in [0, 0.05) is 31.5 Å². The van der Waals surface area contributed by atoms with E-state index < -0.39 is 0 Å². The lowest BCUT2D eigenvalue weighted by atomic mass is 10.2. The van der Waals surface area contributed by atoms with Crippen LogP contribution in [0.1, 0.15) is 38.8 Å². The molecular weight excluding hydrogens is 288 g/mol. The van der Waals surface area contributed by atoms with Crippen molar-refractivity contribution in [3.8, 4) is 0 Å². The second-order valence-corrected chi connectivity index (χ2v) is 5.94. The quantitative estimate of drug-likeness (QED) is 0.691. The Morgan fingerprint density at radius 1 is 1.57 bits per heavy atom. The van der Waals surface area contributed by atoms with E-state index in [9.17, 15) is 4.79 Å². The summed E-state index contributed by atoms with van der Waals surface area (Å²) in [6.07, 6.45) is 3.67. The number of ether oxygens (including phenoxy) is 2. The number of carbonyl (C=O) groups is 1. The first-order valence-corrected chi connectivity index (χ1v) is 8.57. The number of hydrogen-bond acceptors (Lipinski definition) is 6. The molecule has 0 aliphatic carbocycles. The number of aromatic nitrogens is 1. The molecule has 1 aromatic heterocycles. The van der Waals surface area contributed by atoms with Crippen molar-refractivity contribution >= 4 is 22.4 Å². The molecule has 21 heavy (non-hydrogen) atoms. The first-order chi connectivity index (χ1) is 10.2. The van der Waals surface area contributed by atoms with Crippen molar-refractivity contribution in [3.63, 3.8) is 0 Å². The summed E-state index contributed by atoms with van der Waals surface area (Å²) in [6, 6.07) is 0. The molecule has 0 bridgehead atoms. The van der Waals surface area contributed by atoms with Gasteiger partial charge in [-0.15, -0.1) is 11.3 Å². The lowest BCUT2D eigenvalue weighted by molar-refractivity contribution is -0.143. The number of thiazole rings is 1. The van der Waals surface area contributed by atoms with Gasteiger partial charge >= 0.3 is 5.97 Å². The Labute approximate surface area is 130 Å². The third-order valence-corrected chi connectivity index (χ3v) is 4.48. The minimum atomic E-state index is -0.154. The van der Waals surface area contributed by atoms with Crippen LogP contribution in [-0.4, -0.2) is 43.4 Å². The summed E-state index contributed by atoms with van der Waals surface area (Å²) in [6.45, 7) is 7.10. The van der Waals surface area contributed by atoms with Crippen molar-refractivity contribution in [2.75, 3.05) is 31.2 Å². The lowest BCUT2D eigenvalue weighted by Gasteiger charge is -2.23. The van der Waals surface area contributed by atoms with Gasteiger partial charge in [0.1, 0.15) is 0 Å². The monoisotopic (exact) mass is 312 g/mol. The third kappa shape index (κ3) is 4.97. The lowest BCUT2D eigenvalue weighted by Crippen LogP contribution is -2.31. The Bertz CT molecular complexity index is 444. The van der Waals surface area contributed by atoms with E-state index >= 15 is 0 Å². The number of rotatable bonds is 8. The number of nitrogens with zero attached hydrogens (tertiary/aromatic N) is 2. The minimum Gasteiger partial charge on any atom is -0.466 e. The largest absolute Gasteiger partial charge is 0.466 e. The summed E-state index contributed by atoms with van der Waals surface area (Å²) in [5, 5.41) is 3.05. The van der Waals surface area contributed by atoms with Crippen molar-refractivity contribution < 1.29 is 14.3 Å². The summed E-state index contributed by atoms with van der Waals surface area (Å²) in [7, 11) is 0. The highest BCUT2D eigenvalue weighted by Gasteiger charge is 2.20. The Kier molecular flexibility index (Phi) is 6.45.